The van der Waals surface area contributed by atoms with Gasteiger partial charge in [-0.15, -0.1) is 0 Å². The molecular weight excluding hydrogens is 324 g/mol. The number of hydrogen-bond donors (Lipinski definition) is 0. The van der Waals surface area contributed by atoms with E-state index in [0.29, 0.717) is 5.56 Å². The summed E-state index contributed by atoms with van der Waals surface area (Å²) in [5.41, 5.74) is 1.25. The number of carbonyl (C=O) groups is 3. The topological polar surface area (TPSA) is 87.5 Å². The fourth-order valence-electron chi connectivity index (χ4n) is 2.28. The number of aromatic nitrogens is 2. The molecule has 7 nitrogen and oxygen atoms in total. The number of esters is 2. The molecule has 25 heavy (non-hydrogen) atoms. The minimum absolute atomic E-state index is 0.128. The summed E-state index contributed by atoms with van der Waals surface area (Å²) < 4.78 is 11.5. The zero-order chi connectivity index (χ0) is 18.2. The highest BCUT2D eigenvalue weighted by Crippen LogP contribution is 2.16. The first-order valence-electron chi connectivity index (χ1n) is 8.01. The van der Waals surface area contributed by atoms with Crippen molar-refractivity contribution in [2.75, 3.05) is 13.2 Å². The molecule has 0 N–H and O–H groups in total. The first kappa shape index (κ1) is 18.4. The van der Waals surface area contributed by atoms with Gasteiger partial charge in [-0.25, -0.2) is 4.98 Å². The highest BCUT2D eigenvalue weighted by Gasteiger charge is 2.32. The molecule has 0 unspecified atom stereocenters. The quantitative estimate of drug-likeness (QED) is 0.414. The van der Waals surface area contributed by atoms with Crippen LogP contribution in [0.3, 0.4) is 0 Å². The molecule has 1 aromatic carbocycles. The van der Waals surface area contributed by atoms with E-state index in [1.807, 2.05) is 0 Å². The van der Waals surface area contributed by atoms with Crippen LogP contribution in [0.25, 0.3) is 5.69 Å². The predicted octanol–water partition coefficient (Wildman–Crippen LogP) is 2.19. The maximum Gasteiger partial charge on any atom is 0.320 e. The van der Waals surface area contributed by atoms with E-state index in [1.54, 1.807) is 61.4 Å². The van der Waals surface area contributed by atoms with Gasteiger partial charge in [-0.3, -0.25) is 14.4 Å². The standard InChI is InChI=1S/C18H20N2O5/c1-3-24-17(22)15(18(23)25-4-2)11-16(21)13-5-7-14(8-6-13)20-10-9-19-12-20/h5-10,12,15H,3-4,11H2,1-2H3. The molecule has 0 aliphatic carbocycles. The number of carbonyl (C=O) groups excluding carboxylic acids is 3. The fourth-order valence-corrected chi connectivity index (χ4v) is 2.28. The normalized spacial score (nSPS) is 10.5. The van der Waals surface area contributed by atoms with Crippen molar-refractivity contribution >= 4 is 17.7 Å². The van der Waals surface area contributed by atoms with Crippen molar-refractivity contribution in [2.24, 2.45) is 5.92 Å². The van der Waals surface area contributed by atoms with E-state index in [0.717, 1.165) is 5.69 Å². The van der Waals surface area contributed by atoms with Crippen molar-refractivity contribution in [1.29, 1.82) is 0 Å². The van der Waals surface area contributed by atoms with Gasteiger partial charge < -0.3 is 14.0 Å². The van der Waals surface area contributed by atoms with Gasteiger partial charge in [0.15, 0.2) is 11.7 Å². The maximum absolute atomic E-state index is 12.4. The summed E-state index contributed by atoms with van der Waals surface area (Å²) in [4.78, 5) is 40.3. The Bertz CT molecular complexity index is 704. The zero-order valence-electron chi connectivity index (χ0n) is 14.2. The van der Waals surface area contributed by atoms with Crippen LogP contribution in [0.1, 0.15) is 30.6 Å². The van der Waals surface area contributed by atoms with Gasteiger partial charge in [-0.05, 0) is 38.1 Å². The van der Waals surface area contributed by atoms with Crippen molar-refractivity contribution in [2.45, 2.75) is 20.3 Å². The summed E-state index contributed by atoms with van der Waals surface area (Å²) in [6.45, 7) is 3.53. The molecule has 7 heteroatoms. The van der Waals surface area contributed by atoms with Crippen molar-refractivity contribution in [3.63, 3.8) is 0 Å². The molecule has 0 saturated heterocycles. The minimum atomic E-state index is -1.25. The van der Waals surface area contributed by atoms with Gasteiger partial charge in [-0.2, -0.15) is 0 Å². The highest BCUT2D eigenvalue weighted by atomic mass is 16.6. The van der Waals surface area contributed by atoms with Gasteiger partial charge in [0.1, 0.15) is 0 Å². The Morgan fingerprint density at radius 1 is 1.04 bits per heavy atom. The minimum Gasteiger partial charge on any atom is -0.465 e. The number of nitrogens with zero attached hydrogens (tertiary/aromatic N) is 2. The number of imidazole rings is 1. The van der Waals surface area contributed by atoms with Crippen LogP contribution < -0.4 is 0 Å². The van der Waals surface area contributed by atoms with E-state index < -0.39 is 17.9 Å². The Kier molecular flexibility index (Phi) is 6.45. The molecular formula is C18H20N2O5. The smallest absolute Gasteiger partial charge is 0.320 e. The molecule has 0 fully saturated rings. The molecule has 0 aliphatic rings. The summed E-state index contributed by atoms with van der Waals surface area (Å²) in [6, 6.07) is 6.81. The molecule has 0 spiro atoms. The second-order valence-electron chi connectivity index (χ2n) is 5.20. The van der Waals surface area contributed by atoms with E-state index in [2.05, 4.69) is 4.98 Å². The van der Waals surface area contributed by atoms with Crippen LogP contribution in [0.5, 0.6) is 0 Å². The van der Waals surface area contributed by atoms with Crippen molar-refractivity contribution in [3.05, 3.63) is 48.5 Å². The molecule has 0 aliphatic heterocycles. The third kappa shape index (κ3) is 4.76. The fraction of sp³-hybridized carbons (Fsp3) is 0.333. The first-order valence-corrected chi connectivity index (χ1v) is 8.01. The number of ketones is 1. The largest absolute Gasteiger partial charge is 0.465 e. The summed E-state index contributed by atoms with van der Waals surface area (Å²) in [6.07, 6.45) is 4.80. The van der Waals surface area contributed by atoms with Gasteiger partial charge in [0, 0.05) is 30.1 Å². The number of hydrogen-bond acceptors (Lipinski definition) is 6. The summed E-state index contributed by atoms with van der Waals surface area (Å²) in [7, 11) is 0. The van der Waals surface area contributed by atoms with Crippen molar-refractivity contribution in [1.82, 2.24) is 9.55 Å². The summed E-state index contributed by atoms with van der Waals surface area (Å²) >= 11 is 0. The second-order valence-corrected chi connectivity index (χ2v) is 5.20. The molecule has 1 heterocycles. The number of rotatable bonds is 8. The average Bonchev–Trinajstić information content (AvgIpc) is 3.14. The van der Waals surface area contributed by atoms with Crippen LogP contribution in [0, 0.1) is 5.92 Å². The lowest BCUT2D eigenvalue weighted by molar-refractivity contribution is -0.161. The van der Waals surface area contributed by atoms with E-state index in [-0.39, 0.29) is 25.4 Å². The number of Topliss-reactive ketones (excluding diaryl/α,β-unsaturated/α-hetero) is 1. The van der Waals surface area contributed by atoms with Crippen LogP contribution in [0.15, 0.2) is 43.0 Å². The second kappa shape index (κ2) is 8.77. The first-order chi connectivity index (χ1) is 12.1. The summed E-state index contributed by atoms with van der Waals surface area (Å²) in [5, 5.41) is 0. The van der Waals surface area contributed by atoms with Crippen LogP contribution in [-0.2, 0) is 19.1 Å². The van der Waals surface area contributed by atoms with Gasteiger partial charge in [-0.1, -0.05) is 0 Å². The molecule has 0 atom stereocenters. The number of ether oxygens (including phenoxy) is 2. The van der Waals surface area contributed by atoms with Crippen LogP contribution in [0.2, 0.25) is 0 Å². The molecule has 1 aromatic heterocycles. The molecule has 0 radical (unpaired) electrons. The molecule has 0 amide bonds. The van der Waals surface area contributed by atoms with Gasteiger partial charge in [0.25, 0.3) is 0 Å². The Hall–Kier alpha value is -2.96. The molecule has 0 saturated carbocycles. The highest BCUT2D eigenvalue weighted by molar-refractivity contribution is 6.04. The molecule has 2 aromatic rings. The Morgan fingerprint density at radius 2 is 1.64 bits per heavy atom. The third-order valence-electron chi connectivity index (χ3n) is 3.52. The van der Waals surface area contributed by atoms with E-state index in [9.17, 15) is 14.4 Å². The van der Waals surface area contributed by atoms with Gasteiger partial charge >= 0.3 is 11.9 Å². The van der Waals surface area contributed by atoms with Crippen molar-refractivity contribution < 1.29 is 23.9 Å². The lowest BCUT2D eigenvalue weighted by Crippen LogP contribution is -2.30. The maximum atomic E-state index is 12.4. The van der Waals surface area contributed by atoms with E-state index >= 15 is 0 Å². The van der Waals surface area contributed by atoms with Crippen LogP contribution >= 0.6 is 0 Å². The van der Waals surface area contributed by atoms with E-state index in [4.69, 9.17) is 9.47 Å². The Balaban J connectivity index is 2.11. The Morgan fingerprint density at radius 3 is 2.12 bits per heavy atom. The third-order valence-corrected chi connectivity index (χ3v) is 3.52. The predicted molar refractivity (Wildman–Crippen MR) is 89.3 cm³/mol. The molecule has 132 valence electrons. The summed E-state index contributed by atoms with van der Waals surface area (Å²) in [5.74, 6) is -3.07. The van der Waals surface area contributed by atoms with Crippen molar-refractivity contribution in [3.8, 4) is 5.69 Å². The van der Waals surface area contributed by atoms with Crippen LogP contribution in [0.4, 0.5) is 0 Å². The van der Waals surface area contributed by atoms with E-state index in [1.165, 1.54) is 0 Å². The lowest BCUT2D eigenvalue weighted by atomic mass is 9.98. The van der Waals surface area contributed by atoms with Gasteiger partial charge in [0.05, 0.1) is 19.5 Å². The average molecular weight is 344 g/mol. The number of benzene rings is 1. The SMILES string of the molecule is CCOC(=O)C(CC(=O)c1ccc(-n2ccnc2)cc1)C(=O)OCC. The monoisotopic (exact) mass is 344 g/mol. The van der Waals surface area contributed by atoms with Crippen LogP contribution in [-0.4, -0.2) is 40.5 Å². The van der Waals surface area contributed by atoms with Gasteiger partial charge in [0.2, 0.25) is 0 Å². The molecule has 2 rings (SSSR count). The lowest BCUT2D eigenvalue weighted by Gasteiger charge is -2.13. The molecule has 0 bridgehead atoms. The Labute approximate surface area is 145 Å². The zero-order valence-corrected chi connectivity index (χ0v) is 14.2.